The predicted octanol–water partition coefficient (Wildman–Crippen LogP) is 5.50. The average molecular weight is 474 g/mol. The van der Waals surface area contributed by atoms with Gasteiger partial charge in [0.25, 0.3) is 0 Å². The Morgan fingerprint density at radius 2 is 1.46 bits per heavy atom. The zero-order valence-electron chi connectivity index (χ0n) is 19.6. The van der Waals surface area contributed by atoms with Gasteiger partial charge in [-0.1, -0.05) is 42.5 Å². The van der Waals surface area contributed by atoms with Gasteiger partial charge < -0.3 is 9.88 Å². The van der Waals surface area contributed by atoms with Crippen LogP contribution in [0.15, 0.2) is 78.9 Å². The first-order chi connectivity index (χ1) is 17.0. The number of halogens is 2. The van der Waals surface area contributed by atoms with Crippen molar-refractivity contribution in [3.63, 3.8) is 0 Å². The highest BCUT2D eigenvalue weighted by molar-refractivity contribution is 5.81. The summed E-state index contributed by atoms with van der Waals surface area (Å²) in [5.74, 6) is -0.434. The van der Waals surface area contributed by atoms with E-state index in [4.69, 9.17) is 0 Å². The van der Waals surface area contributed by atoms with Crippen molar-refractivity contribution in [1.29, 1.82) is 0 Å². The Balaban J connectivity index is 1.21. The number of likely N-dealkylation sites (tertiary alicyclic amines) is 1. The molecular formula is C29H29F2N3O. The van der Waals surface area contributed by atoms with Crippen molar-refractivity contribution >= 4 is 16.8 Å². The quantitative estimate of drug-likeness (QED) is 0.385. The van der Waals surface area contributed by atoms with Crippen LogP contribution in [-0.4, -0.2) is 28.5 Å². The molecule has 1 aliphatic rings. The number of rotatable bonds is 7. The molecule has 1 aliphatic heterocycles. The lowest BCUT2D eigenvalue weighted by molar-refractivity contribution is -0.126. The second-order valence-electron chi connectivity index (χ2n) is 9.30. The summed E-state index contributed by atoms with van der Waals surface area (Å²) in [5.41, 5.74) is 4.34. The molecule has 1 saturated heterocycles. The van der Waals surface area contributed by atoms with Crippen molar-refractivity contribution in [3.05, 3.63) is 107 Å². The van der Waals surface area contributed by atoms with Crippen molar-refractivity contribution < 1.29 is 13.6 Å². The lowest BCUT2D eigenvalue weighted by Gasteiger charge is -2.31. The van der Waals surface area contributed by atoms with Crippen LogP contribution in [0.3, 0.4) is 0 Å². The summed E-state index contributed by atoms with van der Waals surface area (Å²) in [6.07, 6.45) is 1.63. The first-order valence-corrected chi connectivity index (χ1v) is 12.1. The molecule has 6 heteroatoms. The number of nitrogens with zero attached hydrogens (tertiary/aromatic N) is 2. The molecule has 1 N–H and O–H groups in total. The molecule has 1 amide bonds. The summed E-state index contributed by atoms with van der Waals surface area (Å²) in [5, 5.41) is 4.19. The van der Waals surface area contributed by atoms with Crippen LogP contribution in [-0.2, 0) is 24.4 Å². The summed E-state index contributed by atoms with van der Waals surface area (Å²) in [7, 11) is 0. The molecule has 0 atom stereocenters. The molecular weight excluding hydrogens is 444 g/mol. The number of nitrogens with one attached hydrogen (secondary N) is 1. The molecule has 0 aliphatic carbocycles. The molecule has 3 aromatic carbocycles. The molecule has 0 saturated carbocycles. The molecule has 1 fully saturated rings. The minimum Gasteiger partial charge on any atom is -0.352 e. The smallest absolute Gasteiger partial charge is 0.223 e. The van der Waals surface area contributed by atoms with E-state index in [-0.39, 0.29) is 23.5 Å². The SMILES string of the molecule is O=C(NCc1ccc(F)cc1)C1CCN(Cc2cc3ccccc3n2Cc2ccc(F)cc2)CC1. The fourth-order valence-corrected chi connectivity index (χ4v) is 4.88. The van der Waals surface area contributed by atoms with Crippen LogP contribution in [0, 0.1) is 17.6 Å². The van der Waals surface area contributed by atoms with E-state index in [2.05, 4.69) is 33.0 Å². The van der Waals surface area contributed by atoms with Gasteiger partial charge in [-0.15, -0.1) is 0 Å². The maximum atomic E-state index is 13.4. The number of para-hydroxylation sites is 1. The largest absolute Gasteiger partial charge is 0.352 e. The molecule has 4 nitrogen and oxygen atoms in total. The lowest BCUT2D eigenvalue weighted by Crippen LogP contribution is -2.40. The third-order valence-electron chi connectivity index (χ3n) is 6.87. The van der Waals surface area contributed by atoms with Crippen molar-refractivity contribution in [2.75, 3.05) is 13.1 Å². The van der Waals surface area contributed by atoms with Gasteiger partial charge in [0.1, 0.15) is 11.6 Å². The van der Waals surface area contributed by atoms with Crippen molar-refractivity contribution in [2.24, 2.45) is 5.92 Å². The standard InChI is InChI=1S/C29H29F2N3O/c30-25-9-5-21(6-10-25)18-32-29(35)23-13-15-33(16-14-23)20-27-17-24-3-1-2-4-28(24)34(27)19-22-7-11-26(31)12-8-22/h1-12,17,23H,13-16,18-20H2,(H,32,35). The molecule has 35 heavy (non-hydrogen) atoms. The Hall–Kier alpha value is -3.51. The number of hydrogen-bond donors (Lipinski definition) is 1. The van der Waals surface area contributed by atoms with Gasteiger partial charge in [-0.25, -0.2) is 8.78 Å². The lowest BCUT2D eigenvalue weighted by atomic mass is 9.95. The van der Waals surface area contributed by atoms with Crippen LogP contribution in [0.1, 0.15) is 29.7 Å². The Kier molecular flexibility index (Phi) is 6.91. The summed E-state index contributed by atoms with van der Waals surface area (Å²) >= 11 is 0. The molecule has 5 rings (SSSR count). The van der Waals surface area contributed by atoms with E-state index in [1.165, 1.54) is 40.9 Å². The topological polar surface area (TPSA) is 37.3 Å². The Bertz CT molecular complexity index is 1290. The fraction of sp³-hybridized carbons (Fsp3) is 0.276. The van der Waals surface area contributed by atoms with Crippen LogP contribution in [0.25, 0.3) is 10.9 Å². The maximum absolute atomic E-state index is 13.4. The van der Waals surface area contributed by atoms with Crippen molar-refractivity contribution in [1.82, 2.24) is 14.8 Å². The molecule has 2 heterocycles. The molecule has 4 aromatic rings. The van der Waals surface area contributed by atoms with Gasteiger partial charge in [0, 0.05) is 36.8 Å². The number of aromatic nitrogens is 1. The maximum Gasteiger partial charge on any atom is 0.223 e. The minimum atomic E-state index is -0.274. The molecule has 0 spiro atoms. The molecule has 0 radical (unpaired) electrons. The van der Waals surface area contributed by atoms with E-state index in [0.717, 1.165) is 43.6 Å². The summed E-state index contributed by atoms with van der Waals surface area (Å²) in [6.45, 7) is 3.62. The van der Waals surface area contributed by atoms with E-state index >= 15 is 0 Å². The first kappa shape index (κ1) is 23.2. The summed E-state index contributed by atoms with van der Waals surface area (Å²) in [4.78, 5) is 15.1. The highest BCUT2D eigenvalue weighted by Gasteiger charge is 2.25. The third kappa shape index (κ3) is 5.60. The molecule has 0 unspecified atom stereocenters. The number of carbonyl (C=O) groups is 1. The minimum absolute atomic E-state index is 0.00299. The van der Waals surface area contributed by atoms with Gasteiger partial charge in [-0.2, -0.15) is 0 Å². The van der Waals surface area contributed by atoms with Gasteiger partial charge in [-0.05, 0) is 78.8 Å². The molecule has 1 aromatic heterocycles. The number of fused-ring (bicyclic) bond motifs is 1. The van der Waals surface area contributed by atoms with Gasteiger partial charge in [-0.3, -0.25) is 9.69 Å². The highest BCUT2D eigenvalue weighted by Crippen LogP contribution is 2.25. The third-order valence-corrected chi connectivity index (χ3v) is 6.87. The number of benzene rings is 3. The summed E-state index contributed by atoms with van der Waals surface area (Å²) in [6, 6.07) is 23.5. The van der Waals surface area contributed by atoms with Gasteiger partial charge >= 0.3 is 0 Å². The van der Waals surface area contributed by atoms with E-state index in [9.17, 15) is 13.6 Å². The van der Waals surface area contributed by atoms with E-state index in [1.54, 1.807) is 12.1 Å². The number of amides is 1. The van der Waals surface area contributed by atoms with Crippen LogP contribution in [0.2, 0.25) is 0 Å². The van der Waals surface area contributed by atoms with Crippen LogP contribution in [0.4, 0.5) is 8.78 Å². The zero-order valence-corrected chi connectivity index (χ0v) is 19.6. The van der Waals surface area contributed by atoms with Gasteiger partial charge in [0.15, 0.2) is 0 Å². The number of carbonyl (C=O) groups excluding carboxylic acids is 1. The Morgan fingerprint density at radius 1 is 0.829 bits per heavy atom. The van der Waals surface area contributed by atoms with E-state index in [0.29, 0.717) is 13.1 Å². The first-order valence-electron chi connectivity index (χ1n) is 12.1. The molecule has 180 valence electrons. The predicted molar refractivity (Wildman–Crippen MR) is 134 cm³/mol. The number of hydrogen-bond acceptors (Lipinski definition) is 2. The second kappa shape index (κ2) is 10.4. The number of piperidine rings is 1. The van der Waals surface area contributed by atoms with Crippen molar-refractivity contribution in [3.8, 4) is 0 Å². The average Bonchev–Trinajstić information content (AvgIpc) is 3.22. The van der Waals surface area contributed by atoms with Crippen LogP contribution < -0.4 is 5.32 Å². The van der Waals surface area contributed by atoms with E-state index < -0.39 is 0 Å². The monoisotopic (exact) mass is 473 g/mol. The zero-order chi connectivity index (χ0) is 24.2. The fourth-order valence-electron chi connectivity index (χ4n) is 4.88. The van der Waals surface area contributed by atoms with Crippen LogP contribution in [0.5, 0.6) is 0 Å². The normalized spacial score (nSPS) is 14.9. The van der Waals surface area contributed by atoms with Crippen molar-refractivity contribution in [2.45, 2.75) is 32.5 Å². The second-order valence-corrected chi connectivity index (χ2v) is 9.30. The van der Waals surface area contributed by atoms with Gasteiger partial charge in [0.05, 0.1) is 0 Å². The highest BCUT2D eigenvalue weighted by atomic mass is 19.1. The Labute approximate surface area is 204 Å². The summed E-state index contributed by atoms with van der Waals surface area (Å²) < 4.78 is 28.8. The molecule has 0 bridgehead atoms. The van der Waals surface area contributed by atoms with E-state index in [1.807, 2.05) is 24.3 Å². The Morgan fingerprint density at radius 3 is 2.14 bits per heavy atom. The van der Waals surface area contributed by atoms with Crippen LogP contribution >= 0.6 is 0 Å². The van der Waals surface area contributed by atoms with Gasteiger partial charge in [0.2, 0.25) is 5.91 Å².